The Labute approximate surface area is 93.0 Å². The van der Waals surface area contributed by atoms with Crippen molar-refractivity contribution in [2.24, 2.45) is 11.7 Å². The molecule has 0 bridgehead atoms. The van der Waals surface area contributed by atoms with Crippen LogP contribution in [-0.4, -0.2) is 31.6 Å². The Bertz CT molecular complexity index is 183. The predicted molar refractivity (Wildman–Crippen MR) is 63.6 cm³/mol. The van der Waals surface area contributed by atoms with E-state index in [9.17, 15) is 4.79 Å². The topological polar surface area (TPSA) is 67.2 Å². The quantitative estimate of drug-likeness (QED) is 0.578. The standard InChI is InChI=1S/C11H25N3O/c1-8(2)10(13-4)11(15)14-9(3)6-5-7-12/h8-10,13H,5-7,12H2,1-4H3,(H,14,15). The largest absolute Gasteiger partial charge is 0.352 e. The van der Waals surface area contributed by atoms with Crippen molar-refractivity contribution in [3.8, 4) is 0 Å². The molecule has 0 heterocycles. The van der Waals surface area contributed by atoms with Gasteiger partial charge in [0.15, 0.2) is 0 Å². The van der Waals surface area contributed by atoms with Gasteiger partial charge in [0.05, 0.1) is 6.04 Å². The van der Waals surface area contributed by atoms with E-state index in [1.807, 2.05) is 27.8 Å². The fourth-order valence-electron chi connectivity index (χ4n) is 1.60. The van der Waals surface area contributed by atoms with Crippen LogP contribution in [0.25, 0.3) is 0 Å². The van der Waals surface area contributed by atoms with Crippen LogP contribution in [0.15, 0.2) is 0 Å². The van der Waals surface area contributed by atoms with Gasteiger partial charge in [-0.1, -0.05) is 13.8 Å². The molecule has 2 atom stereocenters. The second-order valence-electron chi connectivity index (χ2n) is 4.35. The molecule has 0 aliphatic heterocycles. The molecule has 0 aromatic rings. The minimum Gasteiger partial charge on any atom is -0.352 e. The van der Waals surface area contributed by atoms with Crippen molar-refractivity contribution in [3.63, 3.8) is 0 Å². The first-order valence-electron chi connectivity index (χ1n) is 5.70. The van der Waals surface area contributed by atoms with Gasteiger partial charge in [-0.2, -0.15) is 0 Å². The van der Waals surface area contributed by atoms with Gasteiger partial charge in [-0.25, -0.2) is 0 Å². The minimum atomic E-state index is -0.106. The van der Waals surface area contributed by atoms with Crippen LogP contribution in [0.5, 0.6) is 0 Å². The molecule has 1 amide bonds. The smallest absolute Gasteiger partial charge is 0.237 e. The van der Waals surface area contributed by atoms with Crippen LogP contribution in [0, 0.1) is 5.92 Å². The number of amides is 1. The summed E-state index contributed by atoms with van der Waals surface area (Å²) in [6, 6.07) is 0.0981. The zero-order chi connectivity index (χ0) is 11.8. The molecule has 15 heavy (non-hydrogen) atoms. The Morgan fingerprint density at radius 1 is 1.33 bits per heavy atom. The van der Waals surface area contributed by atoms with Gasteiger partial charge in [0, 0.05) is 6.04 Å². The summed E-state index contributed by atoms with van der Waals surface area (Å²) in [6.07, 6.45) is 1.89. The summed E-state index contributed by atoms with van der Waals surface area (Å²) in [5.41, 5.74) is 5.42. The number of hydrogen-bond donors (Lipinski definition) is 3. The normalized spacial score (nSPS) is 15.1. The highest BCUT2D eigenvalue weighted by Crippen LogP contribution is 2.02. The molecule has 0 saturated heterocycles. The molecule has 4 N–H and O–H groups in total. The number of rotatable bonds is 7. The SMILES string of the molecule is CNC(C(=O)NC(C)CCCN)C(C)C. The van der Waals surface area contributed by atoms with E-state index in [0.29, 0.717) is 12.5 Å². The first-order chi connectivity index (χ1) is 7.02. The highest BCUT2D eigenvalue weighted by molar-refractivity contribution is 5.82. The van der Waals surface area contributed by atoms with Gasteiger partial charge in [-0.3, -0.25) is 4.79 Å². The minimum absolute atomic E-state index is 0.0806. The number of nitrogens with one attached hydrogen (secondary N) is 2. The Balaban J connectivity index is 3.98. The Hall–Kier alpha value is -0.610. The summed E-state index contributed by atoms with van der Waals surface area (Å²) in [6.45, 7) is 6.76. The van der Waals surface area contributed by atoms with Gasteiger partial charge >= 0.3 is 0 Å². The van der Waals surface area contributed by atoms with Crippen LogP contribution in [0.1, 0.15) is 33.6 Å². The molecule has 90 valence electrons. The number of likely N-dealkylation sites (N-methyl/N-ethyl adjacent to an activating group) is 1. The predicted octanol–water partition coefficient (Wildman–Crippen LogP) is 0.474. The molecule has 0 aliphatic carbocycles. The summed E-state index contributed by atoms with van der Waals surface area (Å²) in [5.74, 6) is 0.383. The monoisotopic (exact) mass is 215 g/mol. The summed E-state index contributed by atoms with van der Waals surface area (Å²) < 4.78 is 0. The van der Waals surface area contributed by atoms with Crippen molar-refractivity contribution in [3.05, 3.63) is 0 Å². The maximum atomic E-state index is 11.8. The van der Waals surface area contributed by atoms with Crippen LogP contribution in [0.4, 0.5) is 0 Å². The van der Waals surface area contributed by atoms with Gasteiger partial charge in [-0.15, -0.1) is 0 Å². The molecule has 2 unspecified atom stereocenters. The molecule has 0 aromatic heterocycles. The zero-order valence-corrected chi connectivity index (χ0v) is 10.3. The average molecular weight is 215 g/mol. The molecule has 0 spiro atoms. The number of carbonyl (C=O) groups excluding carboxylic acids is 1. The Morgan fingerprint density at radius 2 is 1.93 bits per heavy atom. The van der Waals surface area contributed by atoms with Crippen molar-refractivity contribution in [1.29, 1.82) is 0 Å². The van der Waals surface area contributed by atoms with Gasteiger partial charge in [0.1, 0.15) is 0 Å². The average Bonchev–Trinajstić information content (AvgIpc) is 2.15. The summed E-state index contributed by atoms with van der Waals surface area (Å²) in [7, 11) is 1.81. The van der Waals surface area contributed by atoms with Crippen molar-refractivity contribution < 1.29 is 4.79 Å². The molecular weight excluding hydrogens is 190 g/mol. The summed E-state index contributed by atoms with van der Waals surface area (Å²) >= 11 is 0. The van der Waals surface area contributed by atoms with Crippen LogP contribution in [-0.2, 0) is 4.79 Å². The molecule has 4 nitrogen and oxygen atoms in total. The third-order valence-corrected chi connectivity index (χ3v) is 2.49. The highest BCUT2D eigenvalue weighted by atomic mass is 16.2. The lowest BCUT2D eigenvalue weighted by Gasteiger charge is -2.22. The lowest BCUT2D eigenvalue weighted by molar-refractivity contribution is -0.124. The van der Waals surface area contributed by atoms with Crippen molar-refractivity contribution in [1.82, 2.24) is 10.6 Å². The highest BCUT2D eigenvalue weighted by Gasteiger charge is 2.20. The van der Waals surface area contributed by atoms with Crippen molar-refractivity contribution in [2.75, 3.05) is 13.6 Å². The second-order valence-corrected chi connectivity index (χ2v) is 4.35. The fourth-order valence-corrected chi connectivity index (χ4v) is 1.60. The van der Waals surface area contributed by atoms with Crippen LogP contribution in [0.3, 0.4) is 0 Å². The van der Waals surface area contributed by atoms with E-state index in [4.69, 9.17) is 5.73 Å². The van der Waals surface area contributed by atoms with E-state index >= 15 is 0 Å². The van der Waals surface area contributed by atoms with Crippen LogP contribution in [0.2, 0.25) is 0 Å². The zero-order valence-electron chi connectivity index (χ0n) is 10.3. The van der Waals surface area contributed by atoms with E-state index in [1.165, 1.54) is 0 Å². The molecule has 0 fully saturated rings. The third kappa shape index (κ3) is 5.74. The second kappa shape index (κ2) is 7.65. The van der Waals surface area contributed by atoms with E-state index in [1.54, 1.807) is 0 Å². The summed E-state index contributed by atoms with van der Waals surface area (Å²) in [4.78, 5) is 11.8. The lowest BCUT2D eigenvalue weighted by Crippen LogP contribution is -2.48. The van der Waals surface area contributed by atoms with Gasteiger partial charge in [0.25, 0.3) is 0 Å². The first kappa shape index (κ1) is 14.4. The molecule has 0 rings (SSSR count). The number of hydrogen-bond acceptors (Lipinski definition) is 3. The number of nitrogens with two attached hydrogens (primary N) is 1. The number of carbonyl (C=O) groups is 1. The van der Waals surface area contributed by atoms with Crippen molar-refractivity contribution in [2.45, 2.75) is 45.7 Å². The first-order valence-corrected chi connectivity index (χ1v) is 5.70. The maximum Gasteiger partial charge on any atom is 0.237 e. The lowest BCUT2D eigenvalue weighted by atomic mass is 10.0. The van der Waals surface area contributed by atoms with E-state index in [-0.39, 0.29) is 18.0 Å². The third-order valence-electron chi connectivity index (χ3n) is 2.49. The van der Waals surface area contributed by atoms with Gasteiger partial charge in [0.2, 0.25) is 5.91 Å². The van der Waals surface area contributed by atoms with Gasteiger partial charge < -0.3 is 16.4 Å². The molecule has 0 aliphatic rings. The van der Waals surface area contributed by atoms with E-state index in [0.717, 1.165) is 12.8 Å². The molecule has 0 aromatic carbocycles. The van der Waals surface area contributed by atoms with E-state index in [2.05, 4.69) is 10.6 Å². The Kier molecular flexibility index (Phi) is 7.34. The summed E-state index contributed by atoms with van der Waals surface area (Å²) in [5, 5.41) is 6.02. The van der Waals surface area contributed by atoms with Crippen LogP contribution < -0.4 is 16.4 Å². The molecule has 4 heteroatoms. The fraction of sp³-hybridized carbons (Fsp3) is 0.909. The molecule has 0 radical (unpaired) electrons. The van der Waals surface area contributed by atoms with E-state index < -0.39 is 0 Å². The molecular formula is C11H25N3O. The molecule has 0 saturated carbocycles. The maximum absolute atomic E-state index is 11.8. The van der Waals surface area contributed by atoms with Gasteiger partial charge in [-0.05, 0) is 39.3 Å². The Morgan fingerprint density at radius 3 is 2.33 bits per heavy atom. The van der Waals surface area contributed by atoms with Crippen LogP contribution >= 0.6 is 0 Å². The van der Waals surface area contributed by atoms with Crippen molar-refractivity contribution >= 4 is 5.91 Å².